The highest BCUT2D eigenvalue weighted by Crippen LogP contribution is 2.36. The number of rotatable bonds is 8. The van der Waals surface area contributed by atoms with E-state index in [0.29, 0.717) is 6.07 Å². The van der Waals surface area contributed by atoms with Crippen molar-refractivity contribution >= 4 is 38.5 Å². The Hall–Kier alpha value is -3.38. The molecule has 4 aromatic rings. The van der Waals surface area contributed by atoms with Gasteiger partial charge in [0.05, 0.1) is 27.7 Å². The summed E-state index contributed by atoms with van der Waals surface area (Å²) in [7, 11) is -4.52. The molecule has 7 nitrogen and oxygen atoms in total. The maximum atomic E-state index is 13.7. The number of carbonyl (C=O) groups is 1. The van der Waals surface area contributed by atoms with Gasteiger partial charge in [0.15, 0.2) is 0 Å². The van der Waals surface area contributed by atoms with Crippen LogP contribution < -0.4 is 4.72 Å². The van der Waals surface area contributed by atoms with Crippen molar-refractivity contribution in [2.75, 3.05) is 6.61 Å². The van der Waals surface area contributed by atoms with Crippen LogP contribution >= 0.6 is 11.6 Å². The number of aliphatic hydroxyl groups excluding tert-OH is 1. The molecule has 1 atom stereocenters. The number of carboxylic acid groups (broad SMARTS) is 1. The number of benzene rings is 3. The summed E-state index contributed by atoms with van der Waals surface area (Å²) in [5, 5.41) is 19.6. The third-order valence-corrected chi connectivity index (χ3v) is 7.57. The number of carboxylic acids is 1. The molecule has 0 aliphatic rings. The van der Waals surface area contributed by atoms with Crippen molar-refractivity contribution in [2.45, 2.75) is 23.5 Å². The molecule has 4 N–H and O–H groups in total. The number of aromatic carboxylic acids is 1. The Morgan fingerprint density at radius 3 is 2.43 bits per heavy atom. The Labute approximate surface area is 214 Å². The normalized spacial score (nSPS) is 13.1. The average Bonchev–Trinajstić information content (AvgIpc) is 3.25. The molecule has 0 bridgehead atoms. The number of hydrogen-bond acceptors (Lipinski definition) is 4. The van der Waals surface area contributed by atoms with Crippen molar-refractivity contribution in [3.63, 3.8) is 0 Å². The lowest BCUT2D eigenvalue weighted by molar-refractivity contribution is -0.137. The maximum absolute atomic E-state index is 13.7. The van der Waals surface area contributed by atoms with E-state index in [2.05, 4.69) is 9.71 Å². The zero-order chi connectivity index (χ0) is 27.0. The first-order valence-corrected chi connectivity index (χ1v) is 12.7. The summed E-state index contributed by atoms with van der Waals surface area (Å²) in [5.41, 5.74) is 0.0135. The van der Waals surface area contributed by atoms with Crippen molar-refractivity contribution in [3.05, 3.63) is 88.6 Å². The predicted molar refractivity (Wildman–Crippen MR) is 132 cm³/mol. The van der Waals surface area contributed by atoms with Crippen molar-refractivity contribution in [2.24, 2.45) is 0 Å². The van der Waals surface area contributed by atoms with Gasteiger partial charge in [0.2, 0.25) is 10.0 Å². The van der Waals surface area contributed by atoms with Crippen LogP contribution in [0.25, 0.3) is 22.0 Å². The number of aromatic amines is 1. The van der Waals surface area contributed by atoms with Crippen molar-refractivity contribution in [3.8, 4) is 11.1 Å². The van der Waals surface area contributed by atoms with E-state index in [1.807, 2.05) is 18.2 Å². The van der Waals surface area contributed by atoms with Crippen LogP contribution in [0.5, 0.6) is 0 Å². The van der Waals surface area contributed by atoms with E-state index in [1.165, 1.54) is 6.07 Å². The van der Waals surface area contributed by atoms with Gasteiger partial charge in [-0.05, 0) is 59.5 Å². The second-order valence-corrected chi connectivity index (χ2v) is 10.4. The van der Waals surface area contributed by atoms with E-state index < -0.39 is 45.3 Å². The molecule has 1 heterocycles. The highest BCUT2D eigenvalue weighted by atomic mass is 35.5. The fourth-order valence-electron chi connectivity index (χ4n) is 3.95. The van der Waals surface area contributed by atoms with Crippen molar-refractivity contribution in [1.82, 2.24) is 9.71 Å². The molecule has 4 rings (SSSR count). The van der Waals surface area contributed by atoms with E-state index in [9.17, 15) is 31.5 Å². The van der Waals surface area contributed by atoms with Crippen molar-refractivity contribution in [1.29, 1.82) is 0 Å². The Kier molecular flexibility index (Phi) is 7.33. The largest absolute Gasteiger partial charge is 0.478 e. The topological polar surface area (TPSA) is 119 Å². The van der Waals surface area contributed by atoms with Gasteiger partial charge in [-0.2, -0.15) is 13.2 Å². The van der Waals surface area contributed by atoms with Gasteiger partial charge in [0.25, 0.3) is 0 Å². The maximum Gasteiger partial charge on any atom is 0.416 e. The van der Waals surface area contributed by atoms with Gasteiger partial charge in [-0.25, -0.2) is 17.9 Å². The molecule has 0 amide bonds. The van der Waals surface area contributed by atoms with Crippen LogP contribution in [-0.4, -0.2) is 42.2 Å². The molecule has 1 aromatic heterocycles. The quantitative estimate of drug-likeness (QED) is 0.243. The summed E-state index contributed by atoms with van der Waals surface area (Å²) in [6, 6.07) is 12.0. The van der Waals surface area contributed by atoms with E-state index in [1.54, 1.807) is 12.3 Å². The number of fused-ring (bicyclic) bond motifs is 1. The van der Waals surface area contributed by atoms with Crippen LogP contribution in [0.2, 0.25) is 5.02 Å². The highest BCUT2D eigenvalue weighted by Gasteiger charge is 2.33. The van der Waals surface area contributed by atoms with Crippen LogP contribution in [-0.2, 0) is 22.6 Å². The number of aliphatic hydroxyl groups is 1. The Balaban J connectivity index is 1.71. The van der Waals surface area contributed by atoms with Crippen LogP contribution in [0.1, 0.15) is 21.5 Å². The van der Waals surface area contributed by atoms with Gasteiger partial charge in [0.1, 0.15) is 0 Å². The number of aromatic nitrogens is 1. The first-order valence-electron chi connectivity index (χ1n) is 10.8. The average molecular weight is 553 g/mol. The zero-order valence-electron chi connectivity index (χ0n) is 18.9. The minimum absolute atomic E-state index is 0.0812. The molecule has 194 valence electrons. The lowest BCUT2D eigenvalue weighted by Gasteiger charge is -2.18. The molecule has 0 aliphatic heterocycles. The first-order chi connectivity index (χ1) is 17.4. The van der Waals surface area contributed by atoms with E-state index >= 15 is 0 Å². The summed E-state index contributed by atoms with van der Waals surface area (Å²) in [6.07, 6.45) is -3.11. The van der Waals surface area contributed by atoms with E-state index in [0.717, 1.165) is 40.7 Å². The fourth-order valence-corrected chi connectivity index (χ4v) is 5.51. The molecule has 0 aliphatic carbocycles. The van der Waals surface area contributed by atoms with Gasteiger partial charge >= 0.3 is 12.1 Å². The molecular weight excluding hydrogens is 533 g/mol. The molecule has 0 spiro atoms. The molecule has 3 aromatic carbocycles. The van der Waals surface area contributed by atoms with Crippen LogP contribution in [0.3, 0.4) is 0 Å². The number of halogens is 4. The second-order valence-electron chi connectivity index (χ2n) is 8.31. The van der Waals surface area contributed by atoms with Gasteiger partial charge in [-0.15, -0.1) is 0 Å². The summed E-state index contributed by atoms with van der Waals surface area (Å²) < 4.78 is 69.6. The molecule has 0 unspecified atom stereocenters. The monoisotopic (exact) mass is 552 g/mol. The molecule has 0 saturated heterocycles. The number of para-hydroxylation sites is 1. The smallest absolute Gasteiger partial charge is 0.416 e. The fraction of sp³-hybridized carbons (Fsp3) is 0.160. The Morgan fingerprint density at radius 2 is 1.78 bits per heavy atom. The lowest BCUT2D eigenvalue weighted by atomic mass is 10.0. The van der Waals surface area contributed by atoms with Crippen molar-refractivity contribution < 1.29 is 36.6 Å². The summed E-state index contributed by atoms with van der Waals surface area (Å²) in [6.45, 7) is -0.600. The number of nitrogens with one attached hydrogen (secondary N) is 2. The molecule has 0 radical (unpaired) electrons. The minimum atomic E-state index is -4.87. The zero-order valence-corrected chi connectivity index (χ0v) is 20.5. The molecule has 12 heteroatoms. The number of hydrogen-bond donors (Lipinski definition) is 4. The van der Waals surface area contributed by atoms with Crippen LogP contribution in [0, 0.1) is 0 Å². The standard InChI is InChI=1S/C25H20ClF3N2O5S/c26-22-10-14(5-6-21(22)24(33)34)15-7-17(25(27,28)29)11-19(9-15)37(35,36)31-18(13-32)8-16-12-30-23-4-2-1-3-20(16)23/h1-7,9-12,18,30-32H,8,13H2,(H,33,34)/t18-/m1/s1. The number of H-pyrrole nitrogens is 1. The lowest BCUT2D eigenvalue weighted by Crippen LogP contribution is -2.39. The predicted octanol–water partition coefficient (Wildman–Crippen LogP) is 5.09. The summed E-state index contributed by atoms with van der Waals surface area (Å²) in [5.74, 6) is -1.32. The minimum Gasteiger partial charge on any atom is -0.478 e. The van der Waals surface area contributed by atoms with Gasteiger partial charge in [-0.3, -0.25) is 0 Å². The second kappa shape index (κ2) is 10.2. The molecule has 37 heavy (non-hydrogen) atoms. The molecule has 0 fully saturated rings. The number of alkyl halides is 3. The van der Waals surface area contributed by atoms with Gasteiger partial charge < -0.3 is 15.2 Å². The van der Waals surface area contributed by atoms with Gasteiger partial charge in [0, 0.05) is 23.1 Å². The summed E-state index contributed by atoms with van der Waals surface area (Å²) >= 11 is 5.97. The van der Waals surface area contributed by atoms with E-state index in [4.69, 9.17) is 16.7 Å². The van der Waals surface area contributed by atoms with Crippen LogP contribution in [0.15, 0.2) is 71.8 Å². The first kappa shape index (κ1) is 26.7. The third kappa shape index (κ3) is 5.80. The Morgan fingerprint density at radius 1 is 1.05 bits per heavy atom. The third-order valence-electron chi connectivity index (χ3n) is 5.76. The Bertz CT molecular complexity index is 1580. The van der Waals surface area contributed by atoms with Gasteiger partial charge in [-0.1, -0.05) is 35.9 Å². The number of sulfonamides is 1. The molecule has 0 saturated carbocycles. The van der Waals surface area contributed by atoms with E-state index in [-0.39, 0.29) is 28.1 Å². The molecular formula is C25H20ClF3N2O5S. The highest BCUT2D eigenvalue weighted by molar-refractivity contribution is 7.89. The SMILES string of the molecule is O=C(O)c1ccc(-c2cc(C(F)(F)F)cc(S(=O)(=O)N[C@@H](CO)Cc3c[nH]c4ccccc34)c2)cc1Cl. The van der Waals surface area contributed by atoms with Crippen LogP contribution in [0.4, 0.5) is 13.2 Å². The summed E-state index contributed by atoms with van der Waals surface area (Å²) in [4.78, 5) is 13.6.